The van der Waals surface area contributed by atoms with Gasteiger partial charge in [0.15, 0.2) is 17.5 Å². The van der Waals surface area contributed by atoms with E-state index in [0.717, 1.165) is 36.8 Å². The van der Waals surface area contributed by atoms with Gasteiger partial charge in [0.1, 0.15) is 0 Å². The molecule has 2 aromatic heterocycles. The first kappa shape index (κ1) is 22.1. The topological polar surface area (TPSA) is 75.3 Å². The summed E-state index contributed by atoms with van der Waals surface area (Å²) in [6.45, 7) is 0. The van der Waals surface area contributed by atoms with Crippen LogP contribution in [-0.4, -0.2) is 19.9 Å². The molecule has 0 radical (unpaired) electrons. The second-order valence-electron chi connectivity index (χ2n) is 7.47. The highest BCUT2D eigenvalue weighted by molar-refractivity contribution is 9.11. The zero-order valence-corrected chi connectivity index (χ0v) is 20.8. The maximum absolute atomic E-state index is 9.14. The number of halogens is 2. The van der Waals surface area contributed by atoms with Crippen LogP contribution in [0.2, 0.25) is 0 Å². The minimum Gasteiger partial charge on any atom is -0.264 e. The van der Waals surface area contributed by atoms with Crippen molar-refractivity contribution < 1.29 is 0 Å². The van der Waals surface area contributed by atoms with Crippen LogP contribution in [0.1, 0.15) is 5.56 Å². The molecule has 0 aliphatic carbocycles. The van der Waals surface area contributed by atoms with E-state index in [1.165, 1.54) is 0 Å². The highest BCUT2D eigenvalue weighted by Crippen LogP contribution is 2.30. The second-order valence-corrected chi connectivity index (χ2v) is 9.30. The number of pyridine rings is 1. The van der Waals surface area contributed by atoms with Crippen molar-refractivity contribution in [2.45, 2.75) is 0 Å². The van der Waals surface area contributed by atoms with Crippen LogP contribution in [-0.2, 0) is 0 Å². The molecule has 5 nitrogen and oxygen atoms in total. The monoisotopic (exact) mass is 567 g/mol. The molecule has 3 aromatic carbocycles. The summed E-state index contributed by atoms with van der Waals surface area (Å²) in [6, 6.07) is 27.3. The summed E-state index contributed by atoms with van der Waals surface area (Å²) in [5.74, 6) is 1.66. The van der Waals surface area contributed by atoms with Gasteiger partial charge in [-0.15, -0.1) is 0 Å². The fourth-order valence-corrected chi connectivity index (χ4v) is 4.78. The van der Waals surface area contributed by atoms with Gasteiger partial charge in [-0.3, -0.25) is 4.98 Å². The third-order valence-electron chi connectivity index (χ3n) is 5.17. The van der Waals surface area contributed by atoms with Crippen molar-refractivity contribution in [2.24, 2.45) is 0 Å². The molecule has 0 N–H and O–H groups in total. The predicted octanol–water partition coefficient (Wildman–Crippen LogP) is 7.33. The lowest BCUT2D eigenvalue weighted by Crippen LogP contribution is -2.00. The van der Waals surface area contributed by atoms with Gasteiger partial charge in [0.25, 0.3) is 0 Å². The van der Waals surface area contributed by atoms with Crippen LogP contribution in [0.5, 0.6) is 0 Å². The van der Waals surface area contributed by atoms with Crippen molar-refractivity contribution in [1.82, 2.24) is 19.9 Å². The van der Waals surface area contributed by atoms with E-state index in [2.05, 4.69) is 42.9 Å². The van der Waals surface area contributed by atoms with E-state index in [1.807, 2.05) is 72.9 Å². The number of hydrogen-bond donors (Lipinski definition) is 0. The summed E-state index contributed by atoms with van der Waals surface area (Å²) in [5, 5.41) is 9.14. The van der Waals surface area contributed by atoms with Crippen LogP contribution >= 0.6 is 31.9 Å². The zero-order chi connectivity index (χ0) is 23.5. The van der Waals surface area contributed by atoms with Crippen LogP contribution in [0.3, 0.4) is 0 Å². The highest BCUT2D eigenvalue weighted by Gasteiger charge is 2.13. The number of hydrogen-bond acceptors (Lipinski definition) is 5. The van der Waals surface area contributed by atoms with Crippen LogP contribution in [0.4, 0.5) is 0 Å². The number of rotatable bonds is 4. The lowest BCUT2D eigenvalue weighted by Gasteiger charge is -2.10. The fraction of sp³-hybridized carbons (Fsp3) is 0. The molecule has 0 aliphatic rings. The number of benzene rings is 3. The number of nitriles is 1. The smallest absolute Gasteiger partial charge is 0.164 e. The van der Waals surface area contributed by atoms with E-state index in [0.29, 0.717) is 23.0 Å². The summed E-state index contributed by atoms with van der Waals surface area (Å²) in [6.07, 6.45) is 3.60. The average Bonchev–Trinajstić information content (AvgIpc) is 2.88. The van der Waals surface area contributed by atoms with Crippen molar-refractivity contribution in [3.63, 3.8) is 0 Å². The minimum absolute atomic E-state index is 0.539. The first-order valence-electron chi connectivity index (χ1n) is 10.3. The summed E-state index contributed by atoms with van der Waals surface area (Å²) in [5.41, 5.74) is 5.23. The van der Waals surface area contributed by atoms with Gasteiger partial charge < -0.3 is 0 Å². The van der Waals surface area contributed by atoms with Crippen LogP contribution in [0.25, 0.3) is 45.3 Å². The molecule has 34 heavy (non-hydrogen) atoms. The Labute approximate surface area is 213 Å². The molecule has 0 amide bonds. The molecule has 0 fully saturated rings. The molecule has 0 bridgehead atoms. The Hall–Kier alpha value is -3.73. The summed E-state index contributed by atoms with van der Waals surface area (Å²) >= 11 is 7.09. The Balaban J connectivity index is 1.63. The van der Waals surface area contributed by atoms with Gasteiger partial charge in [0.05, 0.1) is 11.6 Å². The Morgan fingerprint density at radius 2 is 1.12 bits per heavy atom. The van der Waals surface area contributed by atoms with E-state index >= 15 is 0 Å². The van der Waals surface area contributed by atoms with Crippen molar-refractivity contribution in [3.05, 3.63) is 106 Å². The Morgan fingerprint density at radius 1 is 0.588 bits per heavy atom. The average molecular weight is 569 g/mol. The van der Waals surface area contributed by atoms with E-state index in [9.17, 15) is 0 Å². The van der Waals surface area contributed by atoms with E-state index in [1.54, 1.807) is 18.3 Å². The van der Waals surface area contributed by atoms with Gasteiger partial charge in [-0.2, -0.15) is 5.26 Å². The molecule has 0 saturated carbocycles. The van der Waals surface area contributed by atoms with Gasteiger partial charge in [0.2, 0.25) is 0 Å². The lowest BCUT2D eigenvalue weighted by molar-refractivity contribution is 1.07. The summed E-state index contributed by atoms with van der Waals surface area (Å²) < 4.78 is 1.83. The maximum atomic E-state index is 9.14. The van der Waals surface area contributed by atoms with E-state index < -0.39 is 0 Å². The molecule has 0 aliphatic heterocycles. The normalized spacial score (nSPS) is 10.6. The first-order valence-corrected chi connectivity index (χ1v) is 11.9. The molecule has 5 aromatic rings. The molecular formula is C27H15Br2N5. The van der Waals surface area contributed by atoms with Crippen LogP contribution < -0.4 is 0 Å². The van der Waals surface area contributed by atoms with Gasteiger partial charge >= 0.3 is 0 Å². The summed E-state index contributed by atoms with van der Waals surface area (Å²) in [7, 11) is 0. The third kappa shape index (κ3) is 4.79. The lowest BCUT2D eigenvalue weighted by atomic mass is 10.1. The number of aromatic nitrogens is 4. The molecule has 0 atom stereocenters. The molecule has 7 heteroatoms. The van der Waals surface area contributed by atoms with Crippen LogP contribution in [0, 0.1) is 11.3 Å². The predicted molar refractivity (Wildman–Crippen MR) is 139 cm³/mol. The summed E-state index contributed by atoms with van der Waals surface area (Å²) in [4.78, 5) is 18.5. The number of nitrogens with zero attached hydrogens (tertiary/aromatic N) is 5. The molecule has 2 heterocycles. The first-order chi connectivity index (χ1) is 16.6. The van der Waals surface area contributed by atoms with Gasteiger partial charge in [0, 0.05) is 38.0 Å². The Bertz CT molecular complexity index is 1490. The van der Waals surface area contributed by atoms with Crippen LogP contribution in [0.15, 0.2) is 100 Å². The van der Waals surface area contributed by atoms with E-state index in [4.69, 9.17) is 20.2 Å². The van der Waals surface area contributed by atoms with E-state index in [-0.39, 0.29) is 0 Å². The zero-order valence-electron chi connectivity index (χ0n) is 17.7. The quantitative estimate of drug-likeness (QED) is 0.227. The van der Waals surface area contributed by atoms with Gasteiger partial charge in [-0.1, -0.05) is 62.2 Å². The standard InChI is InChI=1S/C27H15Br2N5/c28-23-12-22(13-24(29)14-23)27-33-25(19-5-3-17(15-30)4-6-19)32-26(34-27)20-9-7-18(8-10-20)21-2-1-11-31-16-21/h1-14,16H. The van der Waals surface area contributed by atoms with Gasteiger partial charge in [-0.25, -0.2) is 15.0 Å². The van der Waals surface area contributed by atoms with Crippen molar-refractivity contribution in [1.29, 1.82) is 5.26 Å². The third-order valence-corrected chi connectivity index (χ3v) is 6.08. The van der Waals surface area contributed by atoms with Crippen molar-refractivity contribution >= 4 is 31.9 Å². The SMILES string of the molecule is N#Cc1ccc(-c2nc(-c3ccc(-c4cccnc4)cc3)nc(-c3cc(Br)cc(Br)c3)n2)cc1. The molecule has 5 rings (SSSR count). The maximum Gasteiger partial charge on any atom is 0.164 e. The second kappa shape index (κ2) is 9.64. The molecule has 0 unspecified atom stereocenters. The van der Waals surface area contributed by atoms with Crippen molar-refractivity contribution in [2.75, 3.05) is 0 Å². The largest absolute Gasteiger partial charge is 0.264 e. The molecule has 162 valence electrons. The van der Waals surface area contributed by atoms with Gasteiger partial charge in [-0.05, 0) is 59.7 Å². The Morgan fingerprint density at radius 3 is 1.65 bits per heavy atom. The Kier molecular flexibility index (Phi) is 6.26. The molecular weight excluding hydrogens is 554 g/mol. The molecule has 0 saturated heterocycles. The fourth-order valence-electron chi connectivity index (χ4n) is 3.49. The van der Waals surface area contributed by atoms with Crippen molar-refractivity contribution in [3.8, 4) is 51.4 Å². The highest BCUT2D eigenvalue weighted by atomic mass is 79.9. The minimum atomic E-state index is 0.539. The molecule has 0 spiro atoms.